The molecule has 0 aliphatic rings. The second-order valence-electron chi connectivity index (χ2n) is 5.04. The molecule has 0 aliphatic heterocycles. The van der Waals surface area contributed by atoms with Crippen molar-refractivity contribution in [2.45, 2.75) is 17.6 Å². The van der Waals surface area contributed by atoms with Crippen LogP contribution in [0, 0.1) is 0 Å². The monoisotopic (exact) mass is 373 g/mol. The maximum atomic E-state index is 12.7. The summed E-state index contributed by atoms with van der Waals surface area (Å²) in [6.07, 6.45) is -4.51. The smallest absolute Gasteiger partial charge is 0.416 e. The van der Waals surface area contributed by atoms with Gasteiger partial charge in [-0.1, -0.05) is 24.3 Å². The maximum absolute atomic E-state index is 12.7. The van der Waals surface area contributed by atoms with Gasteiger partial charge in [0.2, 0.25) is 10.0 Å². The maximum Gasteiger partial charge on any atom is 0.416 e. The number of alkyl halides is 3. The lowest BCUT2D eigenvalue weighted by molar-refractivity contribution is -0.137. The van der Waals surface area contributed by atoms with Crippen LogP contribution in [0.25, 0.3) is 0 Å². The van der Waals surface area contributed by atoms with Gasteiger partial charge in [0, 0.05) is 6.54 Å². The van der Waals surface area contributed by atoms with E-state index >= 15 is 0 Å². The van der Waals surface area contributed by atoms with Crippen LogP contribution in [0.3, 0.4) is 0 Å². The summed E-state index contributed by atoms with van der Waals surface area (Å²) in [4.78, 5) is 11.3. The van der Waals surface area contributed by atoms with E-state index in [4.69, 9.17) is 0 Å². The van der Waals surface area contributed by atoms with Gasteiger partial charge in [-0.15, -0.1) is 0 Å². The van der Waals surface area contributed by atoms with Crippen LogP contribution >= 0.6 is 0 Å². The Labute approximate surface area is 142 Å². The first kappa shape index (κ1) is 18.9. The first-order valence-corrected chi connectivity index (χ1v) is 8.46. The summed E-state index contributed by atoms with van der Waals surface area (Å²) in [5.41, 5.74) is -0.663. The molecule has 1 N–H and O–H groups in total. The highest BCUT2D eigenvalue weighted by Gasteiger charge is 2.30. The Bertz CT molecular complexity index is 879. The van der Waals surface area contributed by atoms with Gasteiger partial charge in [0.25, 0.3) is 0 Å². The van der Waals surface area contributed by atoms with Crippen LogP contribution in [0.1, 0.15) is 21.5 Å². The molecule has 0 radical (unpaired) electrons. The van der Waals surface area contributed by atoms with Crippen LogP contribution in [-0.2, 0) is 27.5 Å². The fourth-order valence-electron chi connectivity index (χ4n) is 2.03. The number of benzene rings is 2. The summed E-state index contributed by atoms with van der Waals surface area (Å²) < 4.78 is 69.3. The summed E-state index contributed by atoms with van der Waals surface area (Å²) in [5.74, 6) is -0.699. The molecule has 0 aliphatic carbocycles. The van der Waals surface area contributed by atoms with Crippen LogP contribution in [0.4, 0.5) is 13.2 Å². The minimum atomic E-state index is -4.51. The molecule has 0 atom stereocenters. The SMILES string of the molecule is COC(=O)c1cccc(S(=O)(=O)NCc2cccc(C(F)(F)F)c2)c1. The molecule has 0 spiro atoms. The molecule has 0 aromatic heterocycles. The van der Waals surface area contributed by atoms with E-state index in [-0.39, 0.29) is 22.6 Å². The van der Waals surface area contributed by atoms with Crippen molar-refractivity contribution in [3.63, 3.8) is 0 Å². The van der Waals surface area contributed by atoms with E-state index in [9.17, 15) is 26.4 Å². The van der Waals surface area contributed by atoms with Crippen molar-refractivity contribution < 1.29 is 31.1 Å². The second kappa shape index (κ2) is 7.24. The molecule has 0 bridgehead atoms. The van der Waals surface area contributed by atoms with Gasteiger partial charge in [-0.05, 0) is 29.8 Å². The van der Waals surface area contributed by atoms with Crippen LogP contribution < -0.4 is 4.72 Å². The third-order valence-corrected chi connectivity index (χ3v) is 4.68. The highest BCUT2D eigenvalue weighted by atomic mass is 32.2. The molecule has 2 rings (SSSR count). The number of hydrogen-bond acceptors (Lipinski definition) is 4. The number of methoxy groups -OCH3 is 1. The Morgan fingerprint density at radius 3 is 2.44 bits per heavy atom. The van der Waals surface area contributed by atoms with Crippen LogP contribution in [0.5, 0.6) is 0 Å². The van der Waals surface area contributed by atoms with Crippen molar-refractivity contribution in [3.05, 3.63) is 65.2 Å². The highest BCUT2D eigenvalue weighted by Crippen LogP contribution is 2.29. The first-order valence-electron chi connectivity index (χ1n) is 6.97. The number of esters is 1. The van der Waals surface area contributed by atoms with Gasteiger partial charge < -0.3 is 4.74 Å². The first-order chi connectivity index (χ1) is 11.6. The van der Waals surface area contributed by atoms with E-state index in [1.54, 1.807) is 0 Å². The summed E-state index contributed by atoms with van der Waals surface area (Å²) in [6, 6.07) is 9.49. The predicted molar refractivity (Wildman–Crippen MR) is 83.3 cm³/mol. The minimum Gasteiger partial charge on any atom is -0.465 e. The summed E-state index contributed by atoms with van der Waals surface area (Å²) in [6.45, 7) is -0.325. The van der Waals surface area contributed by atoms with Crippen molar-refractivity contribution in [1.29, 1.82) is 0 Å². The third kappa shape index (κ3) is 4.80. The molecule has 0 saturated heterocycles. The molecule has 2 aromatic carbocycles. The lowest BCUT2D eigenvalue weighted by Gasteiger charge is -2.10. The fourth-order valence-corrected chi connectivity index (χ4v) is 3.09. The van der Waals surface area contributed by atoms with E-state index in [0.717, 1.165) is 25.3 Å². The second-order valence-corrected chi connectivity index (χ2v) is 6.81. The molecule has 5 nitrogen and oxygen atoms in total. The van der Waals surface area contributed by atoms with Crippen molar-refractivity contribution in [3.8, 4) is 0 Å². The number of sulfonamides is 1. The van der Waals surface area contributed by atoms with E-state index in [1.807, 2.05) is 0 Å². The Morgan fingerprint density at radius 1 is 1.12 bits per heavy atom. The summed E-state index contributed by atoms with van der Waals surface area (Å²) >= 11 is 0. The van der Waals surface area contributed by atoms with Crippen molar-refractivity contribution in [1.82, 2.24) is 4.72 Å². The lowest BCUT2D eigenvalue weighted by Crippen LogP contribution is -2.23. The zero-order chi connectivity index (χ0) is 18.7. The van der Waals surface area contributed by atoms with Crippen molar-refractivity contribution in [2.24, 2.45) is 0 Å². The quantitative estimate of drug-likeness (QED) is 0.818. The molecule has 134 valence electrons. The molecule has 9 heteroatoms. The average Bonchev–Trinajstić information content (AvgIpc) is 2.59. The zero-order valence-corrected chi connectivity index (χ0v) is 13.8. The van der Waals surface area contributed by atoms with Gasteiger partial charge in [0.15, 0.2) is 0 Å². The van der Waals surface area contributed by atoms with E-state index in [1.165, 1.54) is 30.3 Å². The fraction of sp³-hybridized carbons (Fsp3) is 0.188. The molecular formula is C16H14F3NO4S. The number of carbonyl (C=O) groups excluding carboxylic acids is 1. The number of rotatable bonds is 5. The Balaban J connectivity index is 2.19. The van der Waals surface area contributed by atoms with Crippen molar-refractivity contribution in [2.75, 3.05) is 7.11 Å². The number of nitrogens with one attached hydrogen (secondary N) is 1. The zero-order valence-electron chi connectivity index (χ0n) is 13.0. The lowest BCUT2D eigenvalue weighted by atomic mass is 10.1. The number of hydrogen-bond donors (Lipinski definition) is 1. The molecule has 0 heterocycles. The van der Waals surface area contributed by atoms with Gasteiger partial charge in [0.1, 0.15) is 0 Å². The van der Waals surface area contributed by atoms with Gasteiger partial charge in [0.05, 0.1) is 23.1 Å². The normalized spacial score (nSPS) is 12.0. The van der Waals surface area contributed by atoms with E-state index < -0.39 is 27.7 Å². The summed E-state index contributed by atoms with van der Waals surface area (Å²) in [5, 5.41) is 0. The van der Waals surface area contributed by atoms with Crippen LogP contribution in [0.15, 0.2) is 53.4 Å². The Hall–Kier alpha value is -2.39. The predicted octanol–water partition coefficient (Wildman–Crippen LogP) is 2.97. The van der Waals surface area contributed by atoms with Crippen LogP contribution in [-0.4, -0.2) is 21.5 Å². The molecule has 2 aromatic rings. The van der Waals surface area contributed by atoms with E-state index in [0.29, 0.717) is 0 Å². The summed E-state index contributed by atoms with van der Waals surface area (Å²) in [7, 11) is -2.85. The molecular weight excluding hydrogens is 359 g/mol. The highest BCUT2D eigenvalue weighted by molar-refractivity contribution is 7.89. The van der Waals surface area contributed by atoms with Gasteiger partial charge in [-0.25, -0.2) is 17.9 Å². The minimum absolute atomic E-state index is 0.0458. The standard InChI is InChI=1S/C16H14F3NO4S/c1-24-15(21)12-5-3-7-14(9-12)25(22,23)20-10-11-4-2-6-13(8-11)16(17,18)19/h2-9,20H,10H2,1H3. The number of carbonyl (C=O) groups is 1. The van der Waals surface area contributed by atoms with Gasteiger partial charge in [-0.3, -0.25) is 0 Å². The average molecular weight is 373 g/mol. The molecule has 0 unspecified atom stereocenters. The van der Waals surface area contributed by atoms with E-state index in [2.05, 4.69) is 9.46 Å². The molecule has 25 heavy (non-hydrogen) atoms. The number of ether oxygens (including phenoxy) is 1. The molecule has 0 saturated carbocycles. The van der Waals surface area contributed by atoms with Crippen LogP contribution in [0.2, 0.25) is 0 Å². The molecule has 0 fully saturated rings. The number of halogens is 3. The third-order valence-electron chi connectivity index (χ3n) is 3.29. The van der Waals surface area contributed by atoms with Gasteiger partial charge >= 0.3 is 12.1 Å². The van der Waals surface area contributed by atoms with Gasteiger partial charge in [-0.2, -0.15) is 13.2 Å². The Kier molecular flexibility index (Phi) is 5.48. The Morgan fingerprint density at radius 2 is 1.80 bits per heavy atom. The molecule has 0 amide bonds. The van der Waals surface area contributed by atoms with Crippen molar-refractivity contribution >= 4 is 16.0 Å². The largest absolute Gasteiger partial charge is 0.465 e. The topological polar surface area (TPSA) is 72.5 Å².